The predicted molar refractivity (Wildman–Crippen MR) is 105 cm³/mol. The number of amides is 1. The van der Waals surface area contributed by atoms with Gasteiger partial charge in [0.15, 0.2) is 11.5 Å². The number of hydrogen-bond acceptors (Lipinski definition) is 5. The molecule has 2 aromatic heterocycles. The quantitative estimate of drug-likeness (QED) is 0.314. The van der Waals surface area contributed by atoms with Crippen molar-refractivity contribution in [3.8, 4) is 11.3 Å². The lowest BCUT2D eigenvalue weighted by atomic mass is 10.1. The van der Waals surface area contributed by atoms with Crippen molar-refractivity contribution in [2.24, 2.45) is 5.10 Å². The Bertz CT molecular complexity index is 1170. The maximum absolute atomic E-state index is 12.2. The molecule has 4 rings (SSSR count). The van der Waals surface area contributed by atoms with Gasteiger partial charge in [0, 0.05) is 16.5 Å². The molecule has 0 aliphatic carbocycles. The SMILES string of the molecule is CC(=O)c1cccc(-c2ccc(/C=N/NC(=O)c3cc4ccccc4o3)o2)c1. The molecule has 4 aromatic rings. The fourth-order valence-corrected chi connectivity index (χ4v) is 2.77. The van der Waals surface area contributed by atoms with Gasteiger partial charge in [-0.1, -0.05) is 36.4 Å². The number of benzene rings is 2. The molecule has 0 saturated carbocycles. The summed E-state index contributed by atoms with van der Waals surface area (Å²) in [5.74, 6) is 0.790. The molecule has 1 amide bonds. The zero-order chi connectivity index (χ0) is 19.5. The minimum absolute atomic E-state index is 0.0107. The fraction of sp³-hybridized carbons (Fsp3) is 0.0455. The fourth-order valence-electron chi connectivity index (χ4n) is 2.77. The molecule has 0 radical (unpaired) electrons. The van der Waals surface area contributed by atoms with Crippen LogP contribution in [0.1, 0.15) is 33.6 Å². The first-order valence-corrected chi connectivity index (χ1v) is 8.63. The van der Waals surface area contributed by atoms with E-state index in [4.69, 9.17) is 8.83 Å². The van der Waals surface area contributed by atoms with E-state index in [1.807, 2.05) is 24.3 Å². The third-order valence-electron chi connectivity index (χ3n) is 4.19. The Balaban J connectivity index is 1.45. The summed E-state index contributed by atoms with van der Waals surface area (Å²) in [6.07, 6.45) is 1.40. The topological polar surface area (TPSA) is 84.8 Å². The van der Waals surface area contributed by atoms with Crippen molar-refractivity contribution in [2.45, 2.75) is 6.92 Å². The summed E-state index contributed by atoms with van der Waals surface area (Å²) in [7, 11) is 0. The molecule has 0 saturated heterocycles. The number of furan rings is 2. The van der Waals surface area contributed by atoms with Gasteiger partial charge in [0.05, 0.1) is 6.21 Å². The first kappa shape index (κ1) is 17.5. The van der Waals surface area contributed by atoms with Gasteiger partial charge in [0.2, 0.25) is 0 Å². The molecule has 0 bridgehead atoms. The Morgan fingerprint density at radius 3 is 2.64 bits per heavy atom. The lowest BCUT2D eigenvalue weighted by Crippen LogP contribution is -2.16. The lowest BCUT2D eigenvalue weighted by molar-refractivity contribution is 0.0929. The second kappa shape index (κ2) is 7.36. The summed E-state index contributed by atoms with van der Waals surface area (Å²) in [6.45, 7) is 1.52. The van der Waals surface area contributed by atoms with E-state index in [-0.39, 0.29) is 11.5 Å². The van der Waals surface area contributed by atoms with Gasteiger partial charge in [-0.15, -0.1) is 0 Å². The molecule has 0 spiro atoms. The Hall–Kier alpha value is -3.93. The summed E-state index contributed by atoms with van der Waals surface area (Å²) in [4.78, 5) is 23.7. The summed E-state index contributed by atoms with van der Waals surface area (Å²) < 4.78 is 11.2. The average molecular weight is 372 g/mol. The van der Waals surface area contributed by atoms with Crippen molar-refractivity contribution < 1.29 is 18.4 Å². The number of hydrazone groups is 1. The van der Waals surface area contributed by atoms with Crippen molar-refractivity contribution in [1.82, 2.24) is 5.43 Å². The summed E-state index contributed by atoms with van der Waals surface area (Å²) >= 11 is 0. The molecule has 0 atom stereocenters. The molecule has 28 heavy (non-hydrogen) atoms. The highest BCUT2D eigenvalue weighted by Crippen LogP contribution is 2.23. The standard InChI is InChI=1S/C22H16N2O4/c1-14(25)15-6-4-7-16(11-15)20-10-9-18(27-20)13-23-24-22(26)21-12-17-5-2-3-8-19(17)28-21/h2-13H,1H3,(H,24,26)/b23-13+. The van der Waals surface area contributed by atoms with Crippen LogP contribution in [0.2, 0.25) is 0 Å². The van der Waals surface area contributed by atoms with Crippen LogP contribution in [0, 0.1) is 0 Å². The monoisotopic (exact) mass is 372 g/mol. The maximum Gasteiger partial charge on any atom is 0.307 e. The van der Waals surface area contributed by atoms with Gasteiger partial charge in [0.1, 0.15) is 17.1 Å². The van der Waals surface area contributed by atoms with E-state index >= 15 is 0 Å². The molecular weight excluding hydrogens is 356 g/mol. The highest BCUT2D eigenvalue weighted by Gasteiger charge is 2.11. The van der Waals surface area contributed by atoms with E-state index < -0.39 is 5.91 Å². The van der Waals surface area contributed by atoms with Crippen LogP contribution in [-0.4, -0.2) is 17.9 Å². The van der Waals surface area contributed by atoms with E-state index in [2.05, 4.69) is 10.5 Å². The number of ketones is 1. The van der Waals surface area contributed by atoms with Crippen molar-refractivity contribution in [3.05, 3.63) is 83.8 Å². The second-order valence-electron chi connectivity index (χ2n) is 6.19. The number of Topliss-reactive ketones (excluding diaryl/α,β-unsaturated/α-hetero) is 1. The van der Waals surface area contributed by atoms with Crippen molar-refractivity contribution >= 4 is 28.9 Å². The lowest BCUT2D eigenvalue weighted by Gasteiger charge is -1.99. The molecule has 0 fully saturated rings. The van der Waals surface area contributed by atoms with Gasteiger partial charge in [-0.3, -0.25) is 9.59 Å². The first-order chi connectivity index (χ1) is 13.6. The van der Waals surface area contributed by atoms with Gasteiger partial charge in [-0.25, -0.2) is 5.43 Å². The zero-order valence-corrected chi connectivity index (χ0v) is 15.0. The van der Waals surface area contributed by atoms with Gasteiger partial charge in [-0.05, 0) is 37.3 Å². The number of para-hydroxylation sites is 1. The van der Waals surface area contributed by atoms with Crippen molar-refractivity contribution in [3.63, 3.8) is 0 Å². The number of fused-ring (bicyclic) bond motifs is 1. The first-order valence-electron chi connectivity index (χ1n) is 8.63. The van der Waals surface area contributed by atoms with E-state index in [0.29, 0.717) is 22.7 Å². The highest BCUT2D eigenvalue weighted by atomic mass is 16.3. The van der Waals surface area contributed by atoms with E-state index in [1.54, 1.807) is 42.5 Å². The molecule has 1 N–H and O–H groups in total. The van der Waals surface area contributed by atoms with Crippen molar-refractivity contribution in [2.75, 3.05) is 0 Å². The smallest absolute Gasteiger partial charge is 0.307 e. The molecular formula is C22H16N2O4. The number of carbonyl (C=O) groups is 2. The molecule has 0 unspecified atom stereocenters. The number of nitrogens with one attached hydrogen (secondary N) is 1. The van der Waals surface area contributed by atoms with Gasteiger partial charge in [0.25, 0.3) is 0 Å². The number of rotatable bonds is 5. The van der Waals surface area contributed by atoms with E-state index in [1.165, 1.54) is 13.1 Å². The largest absolute Gasteiger partial charge is 0.455 e. The van der Waals surface area contributed by atoms with Crippen LogP contribution in [0.3, 0.4) is 0 Å². The van der Waals surface area contributed by atoms with Crippen LogP contribution in [-0.2, 0) is 0 Å². The second-order valence-corrected chi connectivity index (χ2v) is 6.19. The average Bonchev–Trinajstić information content (AvgIpc) is 3.35. The minimum atomic E-state index is -0.451. The summed E-state index contributed by atoms with van der Waals surface area (Å²) in [5.41, 5.74) is 4.46. The molecule has 0 aliphatic rings. The maximum atomic E-state index is 12.2. The Morgan fingerprint density at radius 1 is 0.964 bits per heavy atom. The third kappa shape index (κ3) is 3.61. The summed E-state index contributed by atoms with van der Waals surface area (Å²) in [6, 6.07) is 19.7. The molecule has 6 nitrogen and oxygen atoms in total. The summed E-state index contributed by atoms with van der Waals surface area (Å²) in [5, 5.41) is 4.76. The van der Waals surface area contributed by atoms with Crippen LogP contribution >= 0.6 is 0 Å². The molecule has 6 heteroatoms. The van der Waals surface area contributed by atoms with Crippen LogP contribution in [0.5, 0.6) is 0 Å². The molecule has 0 aliphatic heterocycles. The molecule has 2 aromatic carbocycles. The zero-order valence-electron chi connectivity index (χ0n) is 15.0. The van der Waals surface area contributed by atoms with Crippen LogP contribution < -0.4 is 5.43 Å². The highest BCUT2D eigenvalue weighted by molar-refractivity contribution is 5.96. The minimum Gasteiger partial charge on any atom is -0.455 e. The van der Waals surface area contributed by atoms with E-state index in [9.17, 15) is 9.59 Å². The predicted octanol–water partition coefficient (Wildman–Crippen LogP) is 4.66. The van der Waals surface area contributed by atoms with Crippen LogP contribution in [0.4, 0.5) is 0 Å². The van der Waals surface area contributed by atoms with Crippen LogP contribution in [0.15, 0.2) is 80.7 Å². The Labute approximate surface area is 160 Å². The van der Waals surface area contributed by atoms with Gasteiger partial charge < -0.3 is 8.83 Å². The third-order valence-corrected chi connectivity index (χ3v) is 4.19. The normalized spacial score (nSPS) is 11.2. The van der Waals surface area contributed by atoms with Gasteiger partial charge in [-0.2, -0.15) is 5.10 Å². The number of carbonyl (C=O) groups excluding carboxylic acids is 2. The molecule has 2 heterocycles. The van der Waals surface area contributed by atoms with Gasteiger partial charge >= 0.3 is 5.91 Å². The Morgan fingerprint density at radius 2 is 1.82 bits per heavy atom. The number of hydrogen-bond donors (Lipinski definition) is 1. The van der Waals surface area contributed by atoms with E-state index in [0.717, 1.165) is 10.9 Å². The van der Waals surface area contributed by atoms with Crippen LogP contribution in [0.25, 0.3) is 22.3 Å². The Kier molecular flexibility index (Phi) is 4.60. The number of nitrogens with zero attached hydrogens (tertiary/aromatic N) is 1. The molecule has 138 valence electrons. The van der Waals surface area contributed by atoms with Crippen molar-refractivity contribution in [1.29, 1.82) is 0 Å².